The summed E-state index contributed by atoms with van der Waals surface area (Å²) >= 11 is 1.75. The minimum Gasteiger partial charge on any atom is -0.493 e. The van der Waals surface area contributed by atoms with Crippen molar-refractivity contribution in [2.45, 2.75) is 75.5 Å². The van der Waals surface area contributed by atoms with Gasteiger partial charge in [0, 0.05) is 11.8 Å². The summed E-state index contributed by atoms with van der Waals surface area (Å²) < 4.78 is 44.4. The highest BCUT2D eigenvalue weighted by Crippen LogP contribution is 2.33. The summed E-state index contributed by atoms with van der Waals surface area (Å²) in [5.74, 6) is 0.822. The van der Waals surface area contributed by atoms with Crippen LogP contribution in [0.1, 0.15) is 74.5 Å². The number of piperidine rings is 1. The molecule has 0 amide bonds. The molecular formula is C29H41NO6S2. The number of sulfonamides is 1. The van der Waals surface area contributed by atoms with Gasteiger partial charge in [0.05, 0.1) is 19.5 Å². The molecule has 0 radical (unpaired) electrons. The maximum Gasteiger partial charge on any atom is 0.325 e. The van der Waals surface area contributed by atoms with Gasteiger partial charge in [-0.1, -0.05) is 30.3 Å². The molecule has 0 bridgehead atoms. The molecule has 0 N–H and O–H groups in total. The third kappa shape index (κ3) is 7.24. The van der Waals surface area contributed by atoms with Gasteiger partial charge in [0.1, 0.15) is 12.1 Å². The Labute approximate surface area is 232 Å². The van der Waals surface area contributed by atoms with Crippen LogP contribution in [0.15, 0.2) is 42.5 Å². The smallest absolute Gasteiger partial charge is 0.325 e. The zero-order valence-electron chi connectivity index (χ0n) is 23.3. The summed E-state index contributed by atoms with van der Waals surface area (Å²) in [6.45, 7) is 5.79. The largest absolute Gasteiger partial charge is 0.493 e. The van der Waals surface area contributed by atoms with Gasteiger partial charge in [0.2, 0.25) is 10.0 Å². The predicted molar refractivity (Wildman–Crippen MR) is 153 cm³/mol. The van der Waals surface area contributed by atoms with Crippen LogP contribution in [0, 0.1) is 0 Å². The zero-order chi connectivity index (χ0) is 27.9. The van der Waals surface area contributed by atoms with Crippen molar-refractivity contribution >= 4 is 27.8 Å². The van der Waals surface area contributed by atoms with E-state index in [0.29, 0.717) is 42.6 Å². The van der Waals surface area contributed by atoms with Crippen molar-refractivity contribution < 1.29 is 27.4 Å². The molecule has 1 fully saturated rings. The first-order valence-corrected chi connectivity index (χ1v) is 16.0. The van der Waals surface area contributed by atoms with Gasteiger partial charge in [-0.3, -0.25) is 4.79 Å². The number of hydrogen-bond acceptors (Lipinski definition) is 7. The molecule has 0 saturated carbocycles. The Balaban J connectivity index is 1.89. The third-order valence-electron chi connectivity index (χ3n) is 7.16. The Hall–Kier alpha value is -2.23. The number of benzene rings is 2. The van der Waals surface area contributed by atoms with Crippen LogP contribution in [0.2, 0.25) is 0 Å². The van der Waals surface area contributed by atoms with Crippen molar-refractivity contribution in [3.8, 4) is 11.5 Å². The molecule has 2 aromatic rings. The van der Waals surface area contributed by atoms with Crippen molar-refractivity contribution in [2.24, 2.45) is 0 Å². The second-order valence-electron chi connectivity index (χ2n) is 9.92. The average Bonchev–Trinajstić information content (AvgIpc) is 2.94. The number of ether oxygens (including phenoxy) is 3. The summed E-state index contributed by atoms with van der Waals surface area (Å²) in [5, 5.41) is -0.302. The number of thioether (sulfide) groups is 1. The fourth-order valence-corrected chi connectivity index (χ4v) is 6.60. The first-order valence-electron chi connectivity index (χ1n) is 13.2. The molecule has 3 unspecified atom stereocenters. The normalized spacial score (nSPS) is 18.1. The molecule has 0 aliphatic carbocycles. The van der Waals surface area contributed by atoms with Crippen molar-refractivity contribution in [3.63, 3.8) is 0 Å². The Kier molecular flexibility index (Phi) is 10.9. The summed E-state index contributed by atoms with van der Waals surface area (Å²) in [6, 6.07) is 13.1. The van der Waals surface area contributed by atoms with Crippen LogP contribution in [0.5, 0.6) is 11.5 Å². The average molecular weight is 564 g/mol. The summed E-state index contributed by atoms with van der Waals surface area (Å²) in [5.41, 5.74) is 3.09. The summed E-state index contributed by atoms with van der Waals surface area (Å²) in [4.78, 5) is 13.6. The van der Waals surface area contributed by atoms with E-state index in [-0.39, 0.29) is 0 Å². The quantitative estimate of drug-likeness (QED) is 0.296. The van der Waals surface area contributed by atoms with Crippen LogP contribution in [-0.4, -0.2) is 57.0 Å². The SMILES string of the molecule is COc1ccc(CCC(OC(=O)C2CCCCN2S(=O)(=O)C(C)C)c2cccc(C(C)SC)c2)cc1OC. The number of carbonyl (C=O) groups is 1. The fraction of sp³-hybridized carbons (Fsp3) is 0.552. The van der Waals surface area contributed by atoms with E-state index >= 15 is 0 Å². The number of carbonyl (C=O) groups excluding carboxylic acids is 1. The van der Waals surface area contributed by atoms with Crippen molar-refractivity contribution in [1.82, 2.24) is 4.31 Å². The van der Waals surface area contributed by atoms with Crippen LogP contribution in [0.25, 0.3) is 0 Å². The molecule has 7 nitrogen and oxygen atoms in total. The highest BCUT2D eigenvalue weighted by molar-refractivity contribution is 7.98. The van der Waals surface area contributed by atoms with E-state index in [1.807, 2.05) is 30.3 Å². The van der Waals surface area contributed by atoms with Crippen molar-refractivity contribution in [3.05, 3.63) is 59.2 Å². The van der Waals surface area contributed by atoms with E-state index in [0.717, 1.165) is 29.5 Å². The molecule has 3 atom stereocenters. The lowest BCUT2D eigenvalue weighted by Gasteiger charge is -2.35. The Bertz CT molecular complexity index is 1180. The highest BCUT2D eigenvalue weighted by atomic mass is 32.2. The molecule has 1 aliphatic heterocycles. The van der Waals surface area contributed by atoms with E-state index in [1.54, 1.807) is 39.8 Å². The number of esters is 1. The number of methoxy groups -OCH3 is 2. The van der Waals surface area contributed by atoms with Crippen molar-refractivity contribution in [1.29, 1.82) is 0 Å². The maximum absolute atomic E-state index is 13.6. The molecular weight excluding hydrogens is 522 g/mol. The summed E-state index contributed by atoms with van der Waals surface area (Å²) in [6.07, 6.45) is 4.74. The fourth-order valence-electron chi connectivity index (χ4n) is 4.71. The first-order chi connectivity index (χ1) is 18.1. The minimum atomic E-state index is -3.58. The molecule has 1 heterocycles. The van der Waals surface area contributed by atoms with Gasteiger partial charge in [-0.15, -0.1) is 0 Å². The Morgan fingerprint density at radius 2 is 1.74 bits per heavy atom. The number of rotatable bonds is 12. The number of aryl methyl sites for hydroxylation is 1. The topological polar surface area (TPSA) is 82.1 Å². The molecule has 3 rings (SSSR count). The van der Waals surface area contributed by atoms with E-state index in [9.17, 15) is 13.2 Å². The highest BCUT2D eigenvalue weighted by Gasteiger charge is 2.40. The standard InChI is InChI=1S/C29H41NO6S2/c1-20(2)38(32,33)30-17-8-7-12-25(30)29(31)36-26(24-11-9-10-23(19-24)21(3)37-6)15-13-22-14-16-27(34-4)28(18-22)35-5/h9-11,14,16,18-21,25-26H,7-8,12-13,15,17H2,1-6H3. The van der Waals surface area contributed by atoms with Gasteiger partial charge >= 0.3 is 5.97 Å². The monoisotopic (exact) mass is 563 g/mol. The zero-order valence-corrected chi connectivity index (χ0v) is 24.9. The van der Waals surface area contributed by atoms with Gasteiger partial charge < -0.3 is 14.2 Å². The van der Waals surface area contributed by atoms with Crippen LogP contribution < -0.4 is 9.47 Å². The molecule has 1 aliphatic rings. The molecule has 38 heavy (non-hydrogen) atoms. The van der Waals surface area contributed by atoms with Gasteiger partial charge in [-0.25, -0.2) is 8.42 Å². The lowest BCUT2D eigenvalue weighted by molar-refractivity contribution is -0.155. The van der Waals surface area contributed by atoms with Gasteiger partial charge in [0.25, 0.3) is 0 Å². The second kappa shape index (κ2) is 13.7. The lowest BCUT2D eigenvalue weighted by Crippen LogP contribution is -2.50. The van der Waals surface area contributed by atoms with Gasteiger partial charge in [-0.05, 0) is 88.0 Å². The molecule has 1 saturated heterocycles. The van der Waals surface area contributed by atoms with Crippen LogP contribution in [0.3, 0.4) is 0 Å². The van der Waals surface area contributed by atoms with Crippen LogP contribution in [-0.2, 0) is 26.0 Å². The van der Waals surface area contributed by atoms with Gasteiger partial charge in [-0.2, -0.15) is 16.1 Å². The minimum absolute atomic E-state index is 0.294. The maximum atomic E-state index is 13.6. The first kappa shape index (κ1) is 30.3. The van der Waals surface area contributed by atoms with Crippen LogP contribution in [0.4, 0.5) is 0 Å². The van der Waals surface area contributed by atoms with Crippen molar-refractivity contribution in [2.75, 3.05) is 27.0 Å². The molecule has 2 aromatic carbocycles. The third-order valence-corrected chi connectivity index (χ3v) is 10.4. The van der Waals surface area contributed by atoms with E-state index < -0.39 is 33.4 Å². The van der Waals surface area contributed by atoms with Gasteiger partial charge in [0.15, 0.2) is 11.5 Å². The summed E-state index contributed by atoms with van der Waals surface area (Å²) in [7, 11) is -0.378. The Morgan fingerprint density at radius 1 is 1.03 bits per heavy atom. The Morgan fingerprint density at radius 3 is 2.39 bits per heavy atom. The second-order valence-corrected chi connectivity index (χ2v) is 13.5. The molecule has 0 aromatic heterocycles. The van der Waals surface area contributed by atoms with E-state index in [1.165, 1.54) is 4.31 Å². The van der Waals surface area contributed by atoms with E-state index in [4.69, 9.17) is 14.2 Å². The van der Waals surface area contributed by atoms with E-state index in [2.05, 4.69) is 25.3 Å². The predicted octanol–water partition coefficient (Wildman–Crippen LogP) is 5.94. The number of hydrogen-bond donors (Lipinski definition) is 0. The molecule has 9 heteroatoms. The van der Waals surface area contributed by atoms with Crippen LogP contribution >= 0.6 is 11.8 Å². The molecule has 210 valence electrons. The number of nitrogens with zero attached hydrogens (tertiary/aromatic N) is 1. The molecule has 0 spiro atoms. The lowest BCUT2D eigenvalue weighted by atomic mass is 9.98.